The highest BCUT2D eigenvalue weighted by atomic mass is 19.1. The molecular weight excluding hydrogens is 403 g/mol. The number of carbonyl (C=O) groups excluding carboxylic acids is 1. The average molecular weight is 429 g/mol. The molecule has 0 spiro atoms. The van der Waals surface area contributed by atoms with Gasteiger partial charge in [-0.25, -0.2) is 18.0 Å². The first-order chi connectivity index (χ1) is 14.8. The highest BCUT2D eigenvalue weighted by Gasteiger charge is 2.38. The van der Waals surface area contributed by atoms with E-state index in [9.17, 15) is 18.0 Å². The van der Waals surface area contributed by atoms with Crippen molar-refractivity contribution in [3.05, 3.63) is 77.4 Å². The molecule has 4 nitrogen and oxygen atoms in total. The lowest BCUT2D eigenvalue weighted by Gasteiger charge is -2.40. The minimum Gasteiger partial charge on any atom is -0.322 e. The molecule has 0 bridgehead atoms. The number of benzene rings is 2. The second-order valence-electron chi connectivity index (χ2n) is 8.33. The Hall–Kier alpha value is -2.80. The third-order valence-corrected chi connectivity index (χ3v) is 6.21. The van der Waals surface area contributed by atoms with Gasteiger partial charge in [-0.15, -0.1) is 0 Å². The standard InChI is InChI=1S/C24H26F3N3O/c1-28-11-10-22(21(27)15-28)29(2)24(31)30-14-17(19-13-18(25)8-9-20(19)26)12-23(30)16-6-4-3-5-7-16/h3-9,12-13,21-23H,10-11,14-15H2,1-2H3. The average Bonchev–Trinajstić information content (AvgIpc) is 3.20. The molecule has 0 aliphatic carbocycles. The molecule has 1 saturated heterocycles. The molecule has 0 radical (unpaired) electrons. The van der Waals surface area contributed by atoms with E-state index in [4.69, 9.17) is 0 Å². The van der Waals surface area contributed by atoms with Crippen LogP contribution in [0.5, 0.6) is 0 Å². The molecule has 0 N–H and O–H groups in total. The van der Waals surface area contributed by atoms with Crippen molar-refractivity contribution < 1.29 is 18.0 Å². The zero-order chi connectivity index (χ0) is 22.1. The van der Waals surface area contributed by atoms with E-state index >= 15 is 0 Å². The van der Waals surface area contributed by atoms with Crippen molar-refractivity contribution in [3.63, 3.8) is 0 Å². The summed E-state index contributed by atoms with van der Waals surface area (Å²) in [5, 5.41) is 0. The fourth-order valence-corrected chi connectivity index (χ4v) is 4.47. The van der Waals surface area contributed by atoms with Crippen LogP contribution < -0.4 is 0 Å². The maximum atomic E-state index is 14.7. The van der Waals surface area contributed by atoms with E-state index in [0.717, 1.165) is 23.8 Å². The highest BCUT2D eigenvalue weighted by Crippen LogP contribution is 2.37. The summed E-state index contributed by atoms with van der Waals surface area (Å²) in [6, 6.07) is 11.4. The van der Waals surface area contributed by atoms with Gasteiger partial charge in [-0.3, -0.25) is 0 Å². The second-order valence-corrected chi connectivity index (χ2v) is 8.33. The van der Waals surface area contributed by atoms with Gasteiger partial charge in [-0.05, 0) is 42.8 Å². The van der Waals surface area contributed by atoms with Crippen LogP contribution >= 0.6 is 0 Å². The molecule has 2 aliphatic rings. The van der Waals surface area contributed by atoms with Gasteiger partial charge < -0.3 is 14.7 Å². The number of piperidine rings is 1. The number of likely N-dealkylation sites (tertiary alicyclic amines) is 1. The summed E-state index contributed by atoms with van der Waals surface area (Å²) < 4.78 is 42.9. The van der Waals surface area contributed by atoms with Crippen LogP contribution in [0.1, 0.15) is 23.6 Å². The Kier molecular flexibility index (Phi) is 6.05. The van der Waals surface area contributed by atoms with Crippen molar-refractivity contribution in [1.82, 2.24) is 14.7 Å². The molecule has 3 unspecified atom stereocenters. The molecule has 2 aliphatic heterocycles. The number of hydrogen-bond acceptors (Lipinski definition) is 2. The Morgan fingerprint density at radius 3 is 2.58 bits per heavy atom. The molecule has 2 amide bonds. The third kappa shape index (κ3) is 4.32. The van der Waals surface area contributed by atoms with Gasteiger partial charge in [-0.2, -0.15) is 0 Å². The van der Waals surface area contributed by atoms with Gasteiger partial charge in [0.05, 0.1) is 12.1 Å². The van der Waals surface area contributed by atoms with Crippen molar-refractivity contribution in [1.29, 1.82) is 0 Å². The lowest BCUT2D eigenvalue weighted by Crippen LogP contribution is -2.54. The van der Waals surface area contributed by atoms with E-state index in [1.165, 1.54) is 4.90 Å². The third-order valence-electron chi connectivity index (χ3n) is 6.21. The molecule has 7 heteroatoms. The van der Waals surface area contributed by atoms with Crippen LogP contribution in [0.3, 0.4) is 0 Å². The maximum Gasteiger partial charge on any atom is 0.321 e. The van der Waals surface area contributed by atoms with E-state index < -0.39 is 29.9 Å². The zero-order valence-corrected chi connectivity index (χ0v) is 17.6. The minimum atomic E-state index is -1.14. The van der Waals surface area contributed by atoms with Gasteiger partial charge in [0.25, 0.3) is 0 Å². The predicted molar refractivity (Wildman–Crippen MR) is 114 cm³/mol. The SMILES string of the molecule is CN1CCC(N(C)C(=O)N2CC(c3cc(F)ccc3F)=CC2c2ccccc2)C(F)C1. The lowest BCUT2D eigenvalue weighted by molar-refractivity contribution is 0.0601. The zero-order valence-electron chi connectivity index (χ0n) is 17.6. The fraction of sp³-hybridized carbons (Fsp3) is 0.375. The summed E-state index contributed by atoms with van der Waals surface area (Å²) in [6.07, 6.45) is 1.20. The summed E-state index contributed by atoms with van der Waals surface area (Å²) in [5.74, 6) is -1.08. The molecule has 2 heterocycles. The summed E-state index contributed by atoms with van der Waals surface area (Å²) >= 11 is 0. The highest BCUT2D eigenvalue weighted by molar-refractivity contribution is 5.82. The largest absolute Gasteiger partial charge is 0.322 e. The Morgan fingerprint density at radius 2 is 1.87 bits per heavy atom. The molecule has 0 saturated carbocycles. The quantitative estimate of drug-likeness (QED) is 0.718. The topological polar surface area (TPSA) is 26.8 Å². The Bertz CT molecular complexity index is 981. The van der Waals surface area contributed by atoms with Crippen molar-refractivity contribution in [2.75, 3.05) is 33.7 Å². The van der Waals surface area contributed by atoms with E-state index in [0.29, 0.717) is 18.5 Å². The van der Waals surface area contributed by atoms with E-state index in [2.05, 4.69) is 0 Å². The summed E-state index contributed by atoms with van der Waals surface area (Å²) in [7, 11) is 3.48. The number of alkyl halides is 1. The van der Waals surface area contributed by atoms with E-state index in [1.807, 2.05) is 42.3 Å². The monoisotopic (exact) mass is 429 g/mol. The Morgan fingerprint density at radius 1 is 1.13 bits per heavy atom. The first-order valence-electron chi connectivity index (χ1n) is 10.4. The van der Waals surface area contributed by atoms with Crippen LogP contribution in [-0.2, 0) is 0 Å². The smallest absolute Gasteiger partial charge is 0.321 e. The van der Waals surface area contributed by atoms with Crippen molar-refractivity contribution in [3.8, 4) is 0 Å². The summed E-state index contributed by atoms with van der Waals surface area (Å²) in [4.78, 5) is 18.4. The first kappa shape index (κ1) is 21.4. The number of amides is 2. The molecule has 0 aromatic heterocycles. The minimum absolute atomic E-state index is 0.118. The molecule has 164 valence electrons. The number of carbonyl (C=O) groups is 1. The van der Waals surface area contributed by atoms with Gasteiger partial charge in [0, 0.05) is 32.2 Å². The molecule has 31 heavy (non-hydrogen) atoms. The fourth-order valence-electron chi connectivity index (χ4n) is 4.47. The van der Waals surface area contributed by atoms with Crippen LogP contribution in [0, 0.1) is 11.6 Å². The Labute approximate surface area is 180 Å². The van der Waals surface area contributed by atoms with Gasteiger partial charge in [0.2, 0.25) is 0 Å². The van der Waals surface area contributed by atoms with Crippen LogP contribution in [-0.4, -0.2) is 66.7 Å². The molecule has 4 rings (SSSR count). The molecule has 1 fully saturated rings. The second kappa shape index (κ2) is 8.75. The van der Waals surface area contributed by atoms with Gasteiger partial charge >= 0.3 is 6.03 Å². The van der Waals surface area contributed by atoms with Crippen LogP contribution in [0.25, 0.3) is 5.57 Å². The molecule has 3 atom stereocenters. The number of nitrogens with zero attached hydrogens (tertiary/aromatic N) is 3. The number of rotatable bonds is 3. The summed E-state index contributed by atoms with van der Waals surface area (Å²) in [6.45, 7) is 1.11. The summed E-state index contributed by atoms with van der Waals surface area (Å²) in [5.41, 5.74) is 1.53. The van der Waals surface area contributed by atoms with Crippen LogP contribution in [0.15, 0.2) is 54.6 Å². The van der Waals surface area contributed by atoms with E-state index in [-0.39, 0.29) is 24.7 Å². The van der Waals surface area contributed by atoms with Crippen molar-refractivity contribution in [2.45, 2.75) is 24.7 Å². The first-order valence-corrected chi connectivity index (χ1v) is 10.4. The van der Waals surface area contributed by atoms with Crippen LogP contribution in [0.2, 0.25) is 0 Å². The van der Waals surface area contributed by atoms with Crippen molar-refractivity contribution >= 4 is 11.6 Å². The predicted octanol–water partition coefficient (Wildman–Crippen LogP) is 4.50. The maximum absolute atomic E-state index is 14.7. The lowest BCUT2D eigenvalue weighted by atomic mass is 10.0. The normalized spacial score (nSPS) is 24.2. The van der Waals surface area contributed by atoms with Gasteiger partial charge in [0.15, 0.2) is 0 Å². The number of halogens is 3. The van der Waals surface area contributed by atoms with Crippen molar-refractivity contribution in [2.24, 2.45) is 0 Å². The van der Waals surface area contributed by atoms with Crippen LogP contribution in [0.4, 0.5) is 18.0 Å². The molecular formula is C24H26F3N3O. The number of urea groups is 1. The van der Waals surface area contributed by atoms with Gasteiger partial charge in [0.1, 0.15) is 17.8 Å². The van der Waals surface area contributed by atoms with E-state index in [1.54, 1.807) is 18.0 Å². The van der Waals surface area contributed by atoms with Gasteiger partial charge in [-0.1, -0.05) is 36.4 Å². The Balaban J connectivity index is 1.64. The molecule has 2 aromatic rings. The molecule has 2 aromatic carbocycles. The number of hydrogen-bond donors (Lipinski definition) is 0.